The van der Waals surface area contributed by atoms with Crippen LogP contribution >= 0.6 is 0 Å². The van der Waals surface area contributed by atoms with Gasteiger partial charge >= 0.3 is 12.1 Å². The van der Waals surface area contributed by atoms with Gasteiger partial charge in [0, 0.05) is 20.4 Å². The zero-order chi connectivity index (χ0) is 8.20. The molecule has 11 heavy (non-hydrogen) atoms. The predicted molar refractivity (Wildman–Crippen MR) is 27.2 cm³/mol. The van der Waals surface area contributed by atoms with Crippen molar-refractivity contribution in [1.82, 2.24) is 0 Å². The molecule has 0 aromatic rings. The van der Waals surface area contributed by atoms with E-state index in [9.17, 15) is 18.0 Å². The molecule has 0 N–H and O–H groups in total. The van der Waals surface area contributed by atoms with E-state index < -0.39 is 18.8 Å². The Morgan fingerprint density at radius 2 is 2.00 bits per heavy atom. The summed E-state index contributed by atoms with van der Waals surface area (Å²) in [6.45, 7) is 2.65. The summed E-state index contributed by atoms with van der Waals surface area (Å²) in [4.78, 5) is 9.83. The van der Waals surface area contributed by atoms with Gasteiger partial charge < -0.3 is 4.74 Å². The Labute approximate surface area is 75.1 Å². The average molecular weight is 261 g/mol. The molecule has 0 aliphatic heterocycles. The maximum absolute atomic E-state index is 11.3. The molecule has 0 atom stereocenters. The number of alkyl halides is 3. The van der Waals surface area contributed by atoms with Crippen LogP contribution < -0.4 is 0 Å². The molecule has 0 heterocycles. The molecule has 0 bridgehead atoms. The summed E-state index contributed by atoms with van der Waals surface area (Å²) in [7, 11) is 0. The zero-order valence-electron chi connectivity index (χ0n) is 5.26. The van der Waals surface area contributed by atoms with E-state index in [-0.39, 0.29) is 20.4 Å². The van der Waals surface area contributed by atoms with Crippen LogP contribution in [0.15, 0.2) is 12.7 Å². The first-order valence-corrected chi connectivity index (χ1v) is 2.33. The maximum atomic E-state index is 11.3. The van der Waals surface area contributed by atoms with Crippen molar-refractivity contribution < 1.29 is 43.1 Å². The summed E-state index contributed by atoms with van der Waals surface area (Å²) >= 11 is 0. The van der Waals surface area contributed by atoms with E-state index in [2.05, 4.69) is 11.3 Å². The first-order chi connectivity index (χ1) is 4.48. The van der Waals surface area contributed by atoms with Crippen LogP contribution in [0.3, 0.4) is 0 Å². The molecule has 2 nitrogen and oxygen atoms in total. The third-order valence-electron chi connectivity index (χ3n) is 0.564. The van der Waals surface area contributed by atoms with Crippen LogP contribution in [-0.2, 0) is 30.0 Å². The van der Waals surface area contributed by atoms with Crippen molar-refractivity contribution in [2.75, 3.05) is 6.61 Å². The molecular formula is C5H5F3O2Pd. The molecule has 68 valence electrons. The molecule has 6 heteroatoms. The number of esters is 1. The Kier molecular flexibility index (Phi) is 6.43. The van der Waals surface area contributed by atoms with Gasteiger partial charge in [0.25, 0.3) is 0 Å². The van der Waals surface area contributed by atoms with E-state index in [0.29, 0.717) is 0 Å². The summed E-state index contributed by atoms with van der Waals surface area (Å²) in [6, 6.07) is 0. The van der Waals surface area contributed by atoms with Crippen molar-refractivity contribution in [2.24, 2.45) is 0 Å². The molecule has 0 amide bonds. The Morgan fingerprint density at radius 1 is 1.55 bits per heavy atom. The van der Waals surface area contributed by atoms with Crippen LogP contribution in [0.5, 0.6) is 0 Å². The van der Waals surface area contributed by atoms with Crippen LogP contribution in [0, 0.1) is 0 Å². The van der Waals surface area contributed by atoms with E-state index in [1.54, 1.807) is 0 Å². The molecule has 0 unspecified atom stereocenters. The average Bonchev–Trinajstić information content (AvgIpc) is 1.80. The van der Waals surface area contributed by atoms with Gasteiger partial charge in [-0.1, -0.05) is 12.7 Å². The van der Waals surface area contributed by atoms with Gasteiger partial charge in [0.2, 0.25) is 0 Å². The Hall–Kier alpha value is -0.338. The third-order valence-corrected chi connectivity index (χ3v) is 0.564. The summed E-state index contributed by atoms with van der Waals surface area (Å²) in [5.74, 6) is -2.19. The Bertz CT molecular complexity index is 143. The second-order valence-corrected chi connectivity index (χ2v) is 1.38. The van der Waals surface area contributed by atoms with E-state index >= 15 is 0 Å². The Balaban J connectivity index is 0. The number of hydrogen-bond acceptors (Lipinski definition) is 2. The van der Waals surface area contributed by atoms with Crippen LogP contribution in [-0.4, -0.2) is 18.8 Å². The predicted octanol–water partition coefficient (Wildman–Crippen LogP) is 1.28. The minimum Gasteiger partial charge on any atom is -0.455 e. The maximum Gasteiger partial charge on any atom is 0.490 e. The molecule has 0 spiro atoms. The molecule has 0 radical (unpaired) electrons. The van der Waals surface area contributed by atoms with E-state index in [1.165, 1.54) is 0 Å². The molecule has 0 fully saturated rings. The van der Waals surface area contributed by atoms with Crippen molar-refractivity contribution in [3.05, 3.63) is 12.7 Å². The molecule has 0 aliphatic rings. The van der Waals surface area contributed by atoms with Crippen LogP contribution in [0.1, 0.15) is 0 Å². The summed E-state index contributed by atoms with van der Waals surface area (Å²) in [5.41, 5.74) is 0. The molecule has 0 rings (SSSR count). The van der Waals surface area contributed by atoms with Gasteiger partial charge in [-0.2, -0.15) is 13.2 Å². The van der Waals surface area contributed by atoms with Gasteiger partial charge in [-0.15, -0.1) is 0 Å². The fourth-order valence-electron chi connectivity index (χ4n) is 0.216. The van der Waals surface area contributed by atoms with Gasteiger partial charge in [0.15, 0.2) is 0 Å². The van der Waals surface area contributed by atoms with Crippen LogP contribution in [0.4, 0.5) is 13.2 Å². The Morgan fingerprint density at radius 3 is 2.27 bits per heavy atom. The quantitative estimate of drug-likeness (QED) is 0.425. The molecule has 0 aliphatic carbocycles. The van der Waals surface area contributed by atoms with Gasteiger partial charge in [-0.3, -0.25) is 0 Å². The summed E-state index contributed by atoms with van der Waals surface area (Å²) < 4.78 is 37.5. The summed E-state index contributed by atoms with van der Waals surface area (Å²) in [5, 5.41) is 0. The van der Waals surface area contributed by atoms with Gasteiger partial charge in [0.1, 0.15) is 6.61 Å². The first-order valence-electron chi connectivity index (χ1n) is 2.33. The van der Waals surface area contributed by atoms with Crippen molar-refractivity contribution in [1.29, 1.82) is 0 Å². The number of carbonyl (C=O) groups is 1. The normalized spacial score (nSPS) is 9.73. The topological polar surface area (TPSA) is 26.3 Å². The van der Waals surface area contributed by atoms with E-state index in [4.69, 9.17) is 0 Å². The molecule has 0 aromatic carbocycles. The van der Waals surface area contributed by atoms with Gasteiger partial charge in [0.05, 0.1) is 0 Å². The third kappa shape index (κ3) is 6.08. The molecule has 0 saturated carbocycles. The number of rotatable bonds is 2. The van der Waals surface area contributed by atoms with Gasteiger partial charge in [-0.05, 0) is 0 Å². The molecule has 0 saturated heterocycles. The number of ether oxygens (including phenoxy) is 1. The molecular weight excluding hydrogens is 255 g/mol. The largest absolute Gasteiger partial charge is 0.490 e. The minimum atomic E-state index is -4.90. The smallest absolute Gasteiger partial charge is 0.455 e. The second-order valence-electron chi connectivity index (χ2n) is 1.38. The summed E-state index contributed by atoms with van der Waals surface area (Å²) in [6.07, 6.45) is -3.84. The van der Waals surface area contributed by atoms with Crippen molar-refractivity contribution >= 4 is 5.97 Å². The number of hydrogen-bond donors (Lipinski definition) is 0. The monoisotopic (exact) mass is 260 g/mol. The zero-order valence-corrected chi connectivity index (χ0v) is 6.81. The van der Waals surface area contributed by atoms with Crippen LogP contribution in [0.2, 0.25) is 0 Å². The number of carbonyl (C=O) groups excluding carboxylic acids is 1. The fraction of sp³-hybridized carbons (Fsp3) is 0.400. The molecule has 0 aromatic heterocycles. The minimum absolute atomic E-state index is 0. The van der Waals surface area contributed by atoms with Crippen molar-refractivity contribution in [3.63, 3.8) is 0 Å². The van der Waals surface area contributed by atoms with Crippen LogP contribution in [0.25, 0.3) is 0 Å². The fourth-order valence-corrected chi connectivity index (χ4v) is 0.216. The first kappa shape index (κ1) is 13.3. The van der Waals surface area contributed by atoms with Crippen molar-refractivity contribution in [2.45, 2.75) is 6.18 Å². The number of halogens is 3. The second kappa shape index (κ2) is 5.33. The van der Waals surface area contributed by atoms with E-state index in [0.717, 1.165) is 6.08 Å². The standard InChI is InChI=1S/C5H5F3O2.Pd/c1-2-3-10-4(9)5(6,7)8;/h2H,1,3H2;. The van der Waals surface area contributed by atoms with Gasteiger partial charge in [-0.25, -0.2) is 4.79 Å². The van der Waals surface area contributed by atoms with Crippen molar-refractivity contribution in [3.8, 4) is 0 Å². The SMILES string of the molecule is C=CCOC(=O)C(F)(F)F.[Pd]. The van der Waals surface area contributed by atoms with E-state index in [1.807, 2.05) is 0 Å².